The molecule has 3 heteroatoms. The van der Waals surface area contributed by atoms with E-state index in [0.29, 0.717) is 6.10 Å². The third-order valence-corrected chi connectivity index (χ3v) is 3.67. The van der Waals surface area contributed by atoms with Crippen molar-refractivity contribution in [1.29, 1.82) is 0 Å². The summed E-state index contributed by atoms with van der Waals surface area (Å²) in [5.74, 6) is -0.177. The number of benzene rings is 1. The highest BCUT2D eigenvalue weighted by molar-refractivity contribution is 5.27. The van der Waals surface area contributed by atoms with Gasteiger partial charge in [-0.15, -0.1) is 0 Å². The van der Waals surface area contributed by atoms with E-state index in [2.05, 4.69) is 0 Å². The minimum atomic E-state index is -0.177. The summed E-state index contributed by atoms with van der Waals surface area (Å²) in [6.45, 7) is 2.84. The molecule has 0 bridgehead atoms. The van der Waals surface area contributed by atoms with Crippen LogP contribution in [0.1, 0.15) is 36.8 Å². The quantitative estimate of drug-likeness (QED) is 0.873. The zero-order valence-corrected chi connectivity index (χ0v) is 11.0. The number of hydrogen-bond donors (Lipinski definition) is 1. The van der Waals surface area contributed by atoms with Gasteiger partial charge >= 0.3 is 0 Å². The van der Waals surface area contributed by atoms with Gasteiger partial charge in [0.2, 0.25) is 0 Å². The Hall–Kier alpha value is -0.930. The molecule has 1 saturated heterocycles. The van der Waals surface area contributed by atoms with Gasteiger partial charge in [-0.3, -0.25) is 0 Å². The van der Waals surface area contributed by atoms with Gasteiger partial charge in [0.1, 0.15) is 5.82 Å². The van der Waals surface area contributed by atoms with E-state index in [1.807, 2.05) is 13.0 Å². The van der Waals surface area contributed by atoms with Gasteiger partial charge in [-0.2, -0.15) is 0 Å². The summed E-state index contributed by atoms with van der Waals surface area (Å²) in [5, 5.41) is 0. The maximum absolute atomic E-state index is 13.0. The van der Waals surface area contributed by atoms with Gasteiger partial charge in [-0.05, 0) is 62.3 Å². The lowest BCUT2D eigenvalue weighted by atomic mass is 9.97. The van der Waals surface area contributed by atoms with Gasteiger partial charge in [-0.25, -0.2) is 4.39 Å². The fourth-order valence-electron chi connectivity index (χ4n) is 2.54. The molecule has 2 unspecified atom stereocenters. The largest absolute Gasteiger partial charge is 0.378 e. The van der Waals surface area contributed by atoms with Crippen molar-refractivity contribution in [2.75, 3.05) is 6.61 Å². The summed E-state index contributed by atoms with van der Waals surface area (Å²) in [6, 6.07) is 5.06. The third kappa shape index (κ3) is 3.79. The highest BCUT2D eigenvalue weighted by Gasteiger charge is 2.16. The van der Waals surface area contributed by atoms with Crippen molar-refractivity contribution >= 4 is 0 Å². The van der Waals surface area contributed by atoms with E-state index in [0.717, 1.165) is 37.0 Å². The number of aryl methyl sites for hydroxylation is 1. The Labute approximate surface area is 108 Å². The van der Waals surface area contributed by atoms with Crippen LogP contribution in [0.15, 0.2) is 18.2 Å². The second kappa shape index (κ2) is 6.30. The number of nitrogens with two attached hydrogens (primary N) is 1. The van der Waals surface area contributed by atoms with Gasteiger partial charge in [-0.1, -0.05) is 6.07 Å². The number of rotatable bonds is 5. The second-order valence-electron chi connectivity index (χ2n) is 5.25. The van der Waals surface area contributed by atoms with Crippen LogP contribution in [-0.4, -0.2) is 18.8 Å². The molecule has 1 heterocycles. The first kappa shape index (κ1) is 13.5. The van der Waals surface area contributed by atoms with Crippen LogP contribution < -0.4 is 5.73 Å². The molecular weight excluding hydrogens is 229 g/mol. The van der Waals surface area contributed by atoms with Crippen LogP contribution in [0.4, 0.5) is 4.39 Å². The molecule has 18 heavy (non-hydrogen) atoms. The number of ether oxygens (including phenoxy) is 1. The first-order chi connectivity index (χ1) is 8.65. The topological polar surface area (TPSA) is 35.2 Å². The van der Waals surface area contributed by atoms with E-state index in [-0.39, 0.29) is 11.9 Å². The molecule has 1 aromatic rings. The molecular formula is C15H22FNO. The van der Waals surface area contributed by atoms with Crippen LogP contribution in [0.2, 0.25) is 0 Å². The standard InChI is InChI=1S/C15H22FNO/c1-11-9-13(16)5-4-12(11)10-14(17)6-7-15-3-2-8-18-15/h4-5,9,14-15H,2-3,6-8,10,17H2,1H3. The Bertz CT molecular complexity index is 388. The van der Waals surface area contributed by atoms with E-state index in [1.165, 1.54) is 18.9 Å². The van der Waals surface area contributed by atoms with Crippen molar-refractivity contribution < 1.29 is 9.13 Å². The molecule has 1 fully saturated rings. The highest BCUT2D eigenvalue weighted by atomic mass is 19.1. The first-order valence-corrected chi connectivity index (χ1v) is 6.77. The van der Waals surface area contributed by atoms with Gasteiger partial charge in [0.25, 0.3) is 0 Å². The van der Waals surface area contributed by atoms with Crippen LogP contribution >= 0.6 is 0 Å². The van der Waals surface area contributed by atoms with Crippen molar-refractivity contribution in [2.45, 2.75) is 51.2 Å². The van der Waals surface area contributed by atoms with Crippen molar-refractivity contribution in [3.63, 3.8) is 0 Å². The first-order valence-electron chi connectivity index (χ1n) is 6.77. The maximum Gasteiger partial charge on any atom is 0.123 e. The Morgan fingerprint density at radius 1 is 1.50 bits per heavy atom. The molecule has 100 valence electrons. The lowest BCUT2D eigenvalue weighted by molar-refractivity contribution is 0.101. The van der Waals surface area contributed by atoms with Crippen molar-refractivity contribution in [3.8, 4) is 0 Å². The minimum Gasteiger partial charge on any atom is -0.378 e. The zero-order valence-electron chi connectivity index (χ0n) is 11.0. The van der Waals surface area contributed by atoms with E-state index in [9.17, 15) is 4.39 Å². The summed E-state index contributed by atoms with van der Waals surface area (Å²) < 4.78 is 18.6. The molecule has 1 aromatic carbocycles. The molecule has 2 atom stereocenters. The van der Waals surface area contributed by atoms with Crippen LogP contribution in [0.3, 0.4) is 0 Å². The zero-order chi connectivity index (χ0) is 13.0. The molecule has 2 N–H and O–H groups in total. The van der Waals surface area contributed by atoms with Crippen molar-refractivity contribution in [2.24, 2.45) is 5.73 Å². The monoisotopic (exact) mass is 251 g/mol. The molecule has 0 saturated carbocycles. The van der Waals surface area contributed by atoms with Crippen LogP contribution in [0.25, 0.3) is 0 Å². The lowest BCUT2D eigenvalue weighted by Crippen LogP contribution is -2.25. The Balaban J connectivity index is 1.80. The smallest absolute Gasteiger partial charge is 0.123 e. The van der Waals surface area contributed by atoms with Gasteiger partial charge in [0.05, 0.1) is 6.10 Å². The second-order valence-corrected chi connectivity index (χ2v) is 5.25. The average molecular weight is 251 g/mol. The molecule has 2 rings (SSSR count). The van der Waals surface area contributed by atoms with Crippen molar-refractivity contribution in [3.05, 3.63) is 35.1 Å². The number of halogens is 1. The Morgan fingerprint density at radius 3 is 3.00 bits per heavy atom. The normalized spacial score (nSPS) is 21.2. The van der Waals surface area contributed by atoms with Gasteiger partial charge < -0.3 is 10.5 Å². The highest BCUT2D eigenvalue weighted by Crippen LogP contribution is 2.19. The lowest BCUT2D eigenvalue weighted by Gasteiger charge is -2.16. The van der Waals surface area contributed by atoms with Crippen LogP contribution in [0.5, 0.6) is 0 Å². The molecule has 0 aliphatic carbocycles. The Morgan fingerprint density at radius 2 is 2.33 bits per heavy atom. The molecule has 1 aliphatic heterocycles. The average Bonchev–Trinajstić information content (AvgIpc) is 2.83. The predicted molar refractivity (Wildman–Crippen MR) is 71.0 cm³/mol. The molecule has 0 aromatic heterocycles. The summed E-state index contributed by atoms with van der Waals surface area (Å²) in [4.78, 5) is 0. The molecule has 1 aliphatic rings. The van der Waals surface area contributed by atoms with Crippen LogP contribution in [-0.2, 0) is 11.2 Å². The van der Waals surface area contributed by atoms with Crippen molar-refractivity contribution in [1.82, 2.24) is 0 Å². The summed E-state index contributed by atoms with van der Waals surface area (Å²) in [5.41, 5.74) is 8.28. The minimum absolute atomic E-state index is 0.137. The fraction of sp³-hybridized carbons (Fsp3) is 0.600. The Kier molecular flexibility index (Phi) is 4.72. The van der Waals surface area contributed by atoms with Gasteiger partial charge in [0, 0.05) is 12.6 Å². The third-order valence-electron chi connectivity index (χ3n) is 3.67. The summed E-state index contributed by atoms with van der Waals surface area (Å²) >= 11 is 0. The fourth-order valence-corrected chi connectivity index (χ4v) is 2.54. The van der Waals surface area contributed by atoms with E-state index < -0.39 is 0 Å². The predicted octanol–water partition coefficient (Wildman–Crippen LogP) is 2.96. The number of hydrogen-bond acceptors (Lipinski definition) is 2. The van der Waals surface area contributed by atoms with E-state index >= 15 is 0 Å². The molecule has 0 radical (unpaired) electrons. The molecule has 0 spiro atoms. The SMILES string of the molecule is Cc1cc(F)ccc1CC(N)CCC1CCCO1. The molecule has 0 amide bonds. The van der Waals surface area contributed by atoms with Crippen LogP contribution in [0, 0.1) is 12.7 Å². The van der Waals surface area contributed by atoms with E-state index in [4.69, 9.17) is 10.5 Å². The van der Waals surface area contributed by atoms with E-state index in [1.54, 1.807) is 6.07 Å². The molecule has 2 nitrogen and oxygen atoms in total. The summed E-state index contributed by atoms with van der Waals surface area (Å²) in [6.07, 6.45) is 5.59. The maximum atomic E-state index is 13.0. The summed E-state index contributed by atoms with van der Waals surface area (Å²) in [7, 11) is 0. The van der Waals surface area contributed by atoms with Gasteiger partial charge in [0.15, 0.2) is 0 Å².